The summed E-state index contributed by atoms with van der Waals surface area (Å²) in [7, 11) is 3.93. The molecule has 0 atom stereocenters. The van der Waals surface area contributed by atoms with Gasteiger partial charge in [-0.15, -0.1) is 0 Å². The van der Waals surface area contributed by atoms with E-state index < -0.39 is 0 Å². The molecule has 4 nitrogen and oxygen atoms in total. The molecule has 1 aliphatic heterocycles. The minimum Gasteiger partial charge on any atom is -0.302 e. The molecule has 0 amide bonds. The predicted molar refractivity (Wildman–Crippen MR) is 96.7 cm³/mol. The van der Waals surface area contributed by atoms with Gasteiger partial charge in [0.1, 0.15) is 17.5 Å². The summed E-state index contributed by atoms with van der Waals surface area (Å²) in [6.07, 6.45) is 1.78. The molecule has 0 saturated heterocycles. The lowest BCUT2D eigenvalue weighted by Gasteiger charge is -2.16. The van der Waals surface area contributed by atoms with Gasteiger partial charge in [-0.2, -0.15) is 0 Å². The Kier molecular flexibility index (Phi) is 4.12. The summed E-state index contributed by atoms with van der Waals surface area (Å²) in [4.78, 5) is 11.1. The lowest BCUT2D eigenvalue weighted by Crippen LogP contribution is -2.17. The van der Waals surface area contributed by atoms with Gasteiger partial charge in [-0.1, -0.05) is 12.1 Å². The average molecular weight is 352 g/mol. The molecular formula is C20H18F2N4. The molecule has 0 fully saturated rings. The van der Waals surface area contributed by atoms with Crippen LogP contribution in [0.15, 0.2) is 53.7 Å². The summed E-state index contributed by atoms with van der Waals surface area (Å²) < 4.78 is 30.4. The first-order valence-corrected chi connectivity index (χ1v) is 8.34. The number of rotatable bonds is 3. The third kappa shape index (κ3) is 2.82. The summed E-state index contributed by atoms with van der Waals surface area (Å²) in [5, 5.41) is 0. The predicted octanol–water partition coefficient (Wildman–Crippen LogP) is 3.56. The number of nitrogens with zero attached hydrogens (tertiary/aromatic N) is 4. The van der Waals surface area contributed by atoms with Crippen molar-refractivity contribution in [3.05, 3.63) is 82.9 Å². The van der Waals surface area contributed by atoms with Crippen molar-refractivity contribution >= 4 is 5.71 Å². The number of benzene rings is 2. The van der Waals surface area contributed by atoms with Crippen LogP contribution in [0, 0.1) is 11.6 Å². The molecule has 0 radical (unpaired) electrons. The second-order valence-electron chi connectivity index (χ2n) is 6.55. The van der Waals surface area contributed by atoms with Crippen molar-refractivity contribution in [3.63, 3.8) is 0 Å². The van der Waals surface area contributed by atoms with Crippen LogP contribution < -0.4 is 0 Å². The van der Waals surface area contributed by atoms with E-state index in [1.165, 1.54) is 18.2 Å². The van der Waals surface area contributed by atoms with Crippen LogP contribution in [0.3, 0.4) is 0 Å². The first-order chi connectivity index (χ1) is 12.5. The van der Waals surface area contributed by atoms with Gasteiger partial charge in [0, 0.05) is 11.1 Å². The lowest BCUT2D eigenvalue weighted by atomic mass is 10.00. The highest BCUT2D eigenvalue weighted by Crippen LogP contribution is 2.28. The number of hydrogen-bond donors (Lipinski definition) is 0. The fraction of sp³-hybridized carbons (Fsp3) is 0.200. The third-order valence-electron chi connectivity index (χ3n) is 4.35. The molecule has 1 aromatic heterocycles. The zero-order valence-electron chi connectivity index (χ0n) is 14.6. The summed E-state index contributed by atoms with van der Waals surface area (Å²) in [6.45, 7) is 0.978. The van der Waals surface area contributed by atoms with Crippen LogP contribution in [0.1, 0.15) is 22.6 Å². The fourth-order valence-corrected chi connectivity index (χ4v) is 3.25. The number of hydrogen-bond acceptors (Lipinski definition) is 3. The van der Waals surface area contributed by atoms with Crippen molar-refractivity contribution in [2.75, 3.05) is 14.1 Å². The molecule has 3 aromatic rings. The quantitative estimate of drug-likeness (QED) is 0.722. The molecule has 2 heterocycles. The molecule has 132 valence electrons. The van der Waals surface area contributed by atoms with Crippen molar-refractivity contribution in [2.45, 2.75) is 13.1 Å². The van der Waals surface area contributed by atoms with Gasteiger partial charge in [0.15, 0.2) is 0 Å². The second-order valence-corrected chi connectivity index (χ2v) is 6.55. The van der Waals surface area contributed by atoms with Crippen molar-refractivity contribution < 1.29 is 8.78 Å². The second kappa shape index (κ2) is 6.46. The van der Waals surface area contributed by atoms with E-state index in [0.29, 0.717) is 29.9 Å². The molecule has 1 aliphatic rings. The molecule has 0 spiro atoms. The van der Waals surface area contributed by atoms with Gasteiger partial charge in [0.05, 0.1) is 36.4 Å². The van der Waals surface area contributed by atoms with E-state index in [1.807, 2.05) is 23.6 Å². The van der Waals surface area contributed by atoms with E-state index in [9.17, 15) is 8.78 Å². The van der Waals surface area contributed by atoms with Gasteiger partial charge in [-0.3, -0.25) is 9.56 Å². The Bertz CT molecular complexity index is 1000. The number of halogens is 2. The molecule has 0 saturated carbocycles. The Hall–Kier alpha value is -2.86. The Balaban J connectivity index is 1.95. The highest BCUT2D eigenvalue weighted by molar-refractivity contribution is 6.15. The SMILES string of the molecule is CN(C)Cc1ncc2n1-c1ccc(F)cc1C(c1ccccc1F)=NC2. The molecule has 0 N–H and O–H groups in total. The topological polar surface area (TPSA) is 33.4 Å². The maximum Gasteiger partial charge on any atom is 0.132 e. The van der Waals surface area contributed by atoms with E-state index >= 15 is 0 Å². The molecule has 0 unspecified atom stereocenters. The molecule has 26 heavy (non-hydrogen) atoms. The number of aliphatic imine (C=N–C) groups is 1. The fourth-order valence-electron chi connectivity index (χ4n) is 3.25. The summed E-state index contributed by atoms with van der Waals surface area (Å²) in [6, 6.07) is 11.0. The first-order valence-electron chi connectivity index (χ1n) is 8.34. The molecule has 4 rings (SSSR count). The molecule has 6 heteroatoms. The zero-order valence-corrected chi connectivity index (χ0v) is 14.6. The number of imidazole rings is 1. The summed E-state index contributed by atoms with van der Waals surface area (Å²) >= 11 is 0. The minimum absolute atomic E-state index is 0.348. The number of aromatic nitrogens is 2. The highest BCUT2D eigenvalue weighted by atomic mass is 19.1. The Morgan fingerprint density at radius 2 is 1.88 bits per heavy atom. The smallest absolute Gasteiger partial charge is 0.132 e. The van der Waals surface area contributed by atoms with Gasteiger partial charge >= 0.3 is 0 Å². The monoisotopic (exact) mass is 352 g/mol. The van der Waals surface area contributed by atoms with Crippen molar-refractivity contribution in [1.29, 1.82) is 0 Å². The summed E-state index contributed by atoms with van der Waals surface area (Å²) in [5.41, 5.74) is 3.03. The number of fused-ring (bicyclic) bond motifs is 3. The van der Waals surface area contributed by atoms with Gasteiger partial charge < -0.3 is 4.90 Å². The van der Waals surface area contributed by atoms with Crippen molar-refractivity contribution in [2.24, 2.45) is 4.99 Å². The van der Waals surface area contributed by atoms with Crippen LogP contribution >= 0.6 is 0 Å². The van der Waals surface area contributed by atoms with Crippen LogP contribution in [-0.2, 0) is 13.1 Å². The maximum atomic E-state index is 14.4. The van der Waals surface area contributed by atoms with Gasteiger partial charge in [-0.25, -0.2) is 13.8 Å². The van der Waals surface area contributed by atoms with Gasteiger partial charge in [0.25, 0.3) is 0 Å². The van der Waals surface area contributed by atoms with E-state index in [2.05, 4.69) is 9.98 Å². The Morgan fingerprint density at radius 1 is 1.08 bits per heavy atom. The lowest BCUT2D eigenvalue weighted by molar-refractivity contribution is 0.387. The van der Waals surface area contributed by atoms with Gasteiger partial charge in [0.2, 0.25) is 0 Å². The summed E-state index contributed by atoms with van der Waals surface area (Å²) in [5.74, 6) is 0.0769. The molecule has 0 aliphatic carbocycles. The Morgan fingerprint density at radius 3 is 2.65 bits per heavy atom. The van der Waals surface area contributed by atoms with Crippen molar-refractivity contribution in [1.82, 2.24) is 14.5 Å². The normalized spacial score (nSPS) is 13.2. The van der Waals surface area contributed by atoms with Crippen molar-refractivity contribution in [3.8, 4) is 5.69 Å². The van der Waals surface area contributed by atoms with Crippen LogP contribution in [0.2, 0.25) is 0 Å². The third-order valence-corrected chi connectivity index (χ3v) is 4.35. The van der Waals surface area contributed by atoms with E-state index in [-0.39, 0.29) is 11.6 Å². The van der Waals surface area contributed by atoms with Crippen LogP contribution in [0.25, 0.3) is 5.69 Å². The van der Waals surface area contributed by atoms with E-state index in [1.54, 1.807) is 30.5 Å². The van der Waals surface area contributed by atoms with Crippen LogP contribution in [0.5, 0.6) is 0 Å². The standard InChI is InChI=1S/C20H18F2N4/c1-25(2)12-19-23-10-14-11-24-20(15-5-3-4-6-17(15)22)16-9-13(21)7-8-18(16)26(14)19/h3-10H,11-12H2,1-2H3. The van der Waals surface area contributed by atoms with Crippen LogP contribution in [-0.4, -0.2) is 34.3 Å². The first kappa shape index (κ1) is 16.6. The van der Waals surface area contributed by atoms with E-state index in [0.717, 1.165) is 17.2 Å². The highest BCUT2D eigenvalue weighted by Gasteiger charge is 2.23. The zero-order chi connectivity index (χ0) is 18.3. The maximum absolute atomic E-state index is 14.4. The van der Waals surface area contributed by atoms with E-state index in [4.69, 9.17) is 0 Å². The largest absolute Gasteiger partial charge is 0.302 e. The average Bonchev–Trinajstić information content (AvgIpc) is 2.91. The van der Waals surface area contributed by atoms with Gasteiger partial charge in [-0.05, 0) is 44.4 Å². The Labute approximate surface area is 150 Å². The van der Waals surface area contributed by atoms with Crippen LogP contribution in [0.4, 0.5) is 8.78 Å². The molecule has 0 bridgehead atoms. The minimum atomic E-state index is -0.384. The molecular weight excluding hydrogens is 334 g/mol. The molecule has 2 aromatic carbocycles.